The summed E-state index contributed by atoms with van der Waals surface area (Å²) in [4.78, 5) is 24.7. The molecule has 2 aliphatic rings. The van der Waals surface area contributed by atoms with Crippen LogP contribution in [0.1, 0.15) is 71.9 Å². The average Bonchev–Trinajstić information content (AvgIpc) is 2.88. The number of halogens is 1. The van der Waals surface area contributed by atoms with Gasteiger partial charge in [-0.15, -0.1) is 0 Å². The van der Waals surface area contributed by atoms with Crippen molar-refractivity contribution in [2.75, 3.05) is 18.4 Å². The lowest BCUT2D eigenvalue weighted by molar-refractivity contribution is 0.0246. The van der Waals surface area contributed by atoms with Crippen LogP contribution in [0.15, 0.2) is 40.2 Å². The molecule has 1 aliphatic heterocycles. The predicted molar refractivity (Wildman–Crippen MR) is 163 cm³/mol. The summed E-state index contributed by atoms with van der Waals surface area (Å²) in [5.74, 6) is 0.239. The van der Waals surface area contributed by atoms with Crippen LogP contribution in [0.3, 0.4) is 0 Å². The number of nitrogens with one attached hydrogen (secondary N) is 1. The van der Waals surface area contributed by atoms with Gasteiger partial charge < -0.3 is 15.3 Å². The highest BCUT2D eigenvalue weighted by Crippen LogP contribution is 2.53. The summed E-state index contributed by atoms with van der Waals surface area (Å²) in [7, 11) is -3.43. The number of piperidine rings is 1. The predicted octanol–water partition coefficient (Wildman–Crippen LogP) is 5.26. The van der Waals surface area contributed by atoms with Crippen LogP contribution in [0.2, 0.25) is 5.02 Å². The quantitative estimate of drug-likeness (QED) is 0.377. The molecule has 1 atom stereocenters. The van der Waals surface area contributed by atoms with Gasteiger partial charge in [0.15, 0.2) is 9.84 Å². The molecule has 1 spiro atoms. The minimum absolute atomic E-state index is 0.0175. The maximum atomic E-state index is 13.5. The molecule has 0 bridgehead atoms. The van der Waals surface area contributed by atoms with Crippen LogP contribution in [0, 0.1) is 12.3 Å². The molecule has 0 unspecified atom stereocenters. The van der Waals surface area contributed by atoms with Crippen molar-refractivity contribution in [3.8, 4) is 0 Å². The zero-order valence-corrected chi connectivity index (χ0v) is 26.2. The normalized spacial score (nSPS) is 19.0. The lowest BCUT2D eigenvalue weighted by Gasteiger charge is -2.52. The Morgan fingerprint density at radius 1 is 1.15 bits per heavy atom. The summed E-state index contributed by atoms with van der Waals surface area (Å²) in [6, 6.07) is 6.51. The number of pyridine rings is 1. The molecule has 3 heterocycles. The van der Waals surface area contributed by atoms with Gasteiger partial charge in [0.1, 0.15) is 10.7 Å². The van der Waals surface area contributed by atoms with E-state index in [-0.39, 0.29) is 21.6 Å². The summed E-state index contributed by atoms with van der Waals surface area (Å²) in [6.45, 7) is 13.3. The molecule has 9 nitrogen and oxygen atoms in total. The second-order valence-corrected chi connectivity index (χ2v) is 15.4. The molecule has 11 heteroatoms. The van der Waals surface area contributed by atoms with Gasteiger partial charge in [-0.05, 0) is 116 Å². The van der Waals surface area contributed by atoms with Crippen LogP contribution < -0.4 is 10.9 Å². The van der Waals surface area contributed by atoms with Gasteiger partial charge >= 0.3 is 0 Å². The van der Waals surface area contributed by atoms with E-state index in [9.17, 15) is 18.3 Å². The number of aliphatic hydroxyl groups is 1. The van der Waals surface area contributed by atoms with Crippen molar-refractivity contribution >= 4 is 44.1 Å². The van der Waals surface area contributed by atoms with E-state index in [1.807, 2.05) is 6.92 Å². The van der Waals surface area contributed by atoms with E-state index in [4.69, 9.17) is 11.6 Å². The van der Waals surface area contributed by atoms with Gasteiger partial charge in [0, 0.05) is 23.3 Å². The molecular formula is C30H40ClN5O4S. The van der Waals surface area contributed by atoms with E-state index in [0.717, 1.165) is 44.3 Å². The second kappa shape index (κ2) is 10.6. The van der Waals surface area contributed by atoms with Gasteiger partial charge in [-0.25, -0.2) is 13.4 Å². The number of benzene rings is 1. The van der Waals surface area contributed by atoms with Crippen molar-refractivity contribution in [3.63, 3.8) is 0 Å². The van der Waals surface area contributed by atoms with Gasteiger partial charge in [-0.3, -0.25) is 9.36 Å². The topological polar surface area (TPSA) is 117 Å². The van der Waals surface area contributed by atoms with Crippen molar-refractivity contribution in [1.82, 2.24) is 19.4 Å². The van der Waals surface area contributed by atoms with E-state index in [0.29, 0.717) is 27.7 Å². The molecule has 0 radical (unpaired) electrons. The number of likely N-dealkylation sites (tertiary alicyclic amines) is 1. The van der Waals surface area contributed by atoms with Gasteiger partial charge in [0.2, 0.25) is 5.95 Å². The van der Waals surface area contributed by atoms with Crippen LogP contribution in [0.5, 0.6) is 0 Å². The molecule has 41 heavy (non-hydrogen) atoms. The number of sulfone groups is 1. The van der Waals surface area contributed by atoms with E-state index in [1.165, 1.54) is 10.6 Å². The Morgan fingerprint density at radius 3 is 2.39 bits per heavy atom. The Labute approximate surface area is 246 Å². The van der Waals surface area contributed by atoms with Gasteiger partial charge in [0.25, 0.3) is 5.56 Å². The SMILES string of the molecule is Cc1cc(S(=O)(=O)C2CC3(CCN(C(C)C)CC3)C2)ccc1Nc1ncc2cc(Cl)c(=O)n([C@@H](C)C(C)(C)O)c2n1. The van der Waals surface area contributed by atoms with Crippen molar-refractivity contribution in [3.05, 3.63) is 51.4 Å². The van der Waals surface area contributed by atoms with Crippen molar-refractivity contribution in [1.29, 1.82) is 0 Å². The highest BCUT2D eigenvalue weighted by Gasteiger charge is 2.51. The zero-order valence-electron chi connectivity index (χ0n) is 24.6. The molecule has 1 saturated carbocycles. The van der Waals surface area contributed by atoms with E-state index in [2.05, 4.69) is 34.0 Å². The fourth-order valence-electron chi connectivity index (χ4n) is 6.14. The summed E-state index contributed by atoms with van der Waals surface area (Å²) in [5, 5.41) is 14.0. The van der Waals surface area contributed by atoms with E-state index < -0.39 is 27.0 Å². The number of nitrogens with zero attached hydrogens (tertiary/aromatic N) is 4. The summed E-state index contributed by atoms with van der Waals surface area (Å²) in [5.41, 5.74) is 0.249. The lowest BCUT2D eigenvalue weighted by atomic mass is 9.63. The van der Waals surface area contributed by atoms with Crippen LogP contribution in [-0.4, -0.2) is 62.9 Å². The Morgan fingerprint density at radius 2 is 1.80 bits per heavy atom. The van der Waals surface area contributed by atoms with Crippen LogP contribution in [0.4, 0.5) is 11.6 Å². The van der Waals surface area contributed by atoms with Gasteiger partial charge in [-0.1, -0.05) is 11.6 Å². The summed E-state index contributed by atoms with van der Waals surface area (Å²) in [6.07, 6.45) is 5.18. The number of hydrogen-bond donors (Lipinski definition) is 2. The van der Waals surface area contributed by atoms with Crippen molar-refractivity contribution < 1.29 is 13.5 Å². The number of aryl methyl sites for hydroxylation is 1. The molecule has 2 N–H and O–H groups in total. The van der Waals surface area contributed by atoms with Crippen LogP contribution >= 0.6 is 11.6 Å². The number of anilines is 2. The first-order valence-electron chi connectivity index (χ1n) is 14.3. The van der Waals surface area contributed by atoms with Gasteiger partial charge in [0.05, 0.1) is 21.8 Å². The molecule has 1 aliphatic carbocycles. The lowest BCUT2D eigenvalue weighted by Crippen LogP contribution is -2.52. The Hall–Kier alpha value is -2.53. The smallest absolute Gasteiger partial charge is 0.271 e. The monoisotopic (exact) mass is 601 g/mol. The summed E-state index contributed by atoms with van der Waals surface area (Å²) >= 11 is 6.19. The molecule has 0 amide bonds. The molecule has 2 aromatic heterocycles. The standard InChI is InChI=1S/C30H40ClN5O4S/c1-18(2)35-11-9-30(10-12-35)15-23(16-30)41(39,40)22-7-8-25(19(3)13-22)33-28-32-17-21-14-24(31)27(37)36(26(21)34-28)20(4)29(5,6)38/h7-8,13-14,17-18,20,23,38H,9-12,15-16H2,1-6H3,(H,32,33,34)/t20-/m0/s1. The second-order valence-electron chi connectivity index (χ2n) is 12.8. The zero-order chi connectivity index (χ0) is 29.9. The fraction of sp³-hybridized carbons (Fsp3) is 0.567. The van der Waals surface area contributed by atoms with Crippen LogP contribution in [0.25, 0.3) is 11.0 Å². The molecular weight excluding hydrogens is 562 g/mol. The van der Waals surface area contributed by atoms with E-state index >= 15 is 0 Å². The van der Waals surface area contributed by atoms with Crippen molar-refractivity contribution in [2.45, 2.75) is 95.1 Å². The third-order valence-electron chi connectivity index (χ3n) is 9.26. The Balaban J connectivity index is 1.35. The number of aromatic nitrogens is 3. The molecule has 2 fully saturated rings. The molecule has 5 rings (SSSR count). The summed E-state index contributed by atoms with van der Waals surface area (Å²) < 4.78 is 28.4. The Kier molecular flexibility index (Phi) is 7.76. The molecule has 1 saturated heterocycles. The highest BCUT2D eigenvalue weighted by atomic mass is 35.5. The first-order chi connectivity index (χ1) is 19.1. The number of rotatable bonds is 7. The minimum atomic E-state index is -3.43. The van der Waals surface area contributed by atoms with Crippen LogP contribution in [-0.2, 0) is 9.84 Å². The molecule has 1 aromatic carbocycles. The first kappa shape index (κ1) is 29.9. The third-order valence-corrected chi connectivity index (χ3v) is 11.7. The number of fused-ring (bicyclic) bond motifs is 1. The van der Waals surface area contributed by atoms with Gasteiger partial charge in [-0.2, -0.15) is 4.98 Å². The Bertz CT molecular complexity index is 1630. The largest absolute Gasteiger partial charge is 0.388 e. The maximum absolute atomic E-state index is 13.5. The minimum Gasteiger partial charge on any atom is -0.388 e. The third kappa shape index (κ3) is 5.63. The average molecular weight is 602 g/mol. The first-order valence-corrected chi connectivity index (χ1v) is 16.2. The maximum Gasteiger partial charge on any atom is 0.271 e. The molecule has 3 aromatic rings. The highest BCUT2D eigenvalue weighted by molar-refractivity contribution is 7.92. The molecule has 222 valence electrons. The fourth-order valence-corrected chi connectivity index (χ4v) is 8.47. The number of hydrogen-bond acceptors (Lipinski definition) is 8. The van der Waals surface area contributed by atoms with Crippen molar-refractivity contribution in [2.24, 2.45) is 5.41 Å². The van der Waals surface area contributed by atoms with E-state index in [1.54, 1.807) is 45.2 Å².